The van der Waals surface area contributed by atoms with Gasteiger partial charge in [0.25, 0.3) is 11.8 Å². The van der Waals surface area contributed by atoms with Crippen LogP contribution in [-0.2, 0) is 9.59 Å². The van der Waals surface area contributed by atoms with Gasteiger partial charge in [0.2, 0.25) is 0 Å². The minimum Gasteiger partial charge on any atom is -0.352 e. The third kappa shape index (κ3) is 7.77. The van der Waals surface area contributed by atoms with Crippen molar-refractivity contribution >= 4 is 34.2 Å². The van der Waals surface area contributed by atoms with E-state index in [1.165, 1.54) is 12.1 Å². The molecule has 1 heterocycles. The maximum Gasteiger partial charge on any atom is 0.324 e. The molecule has 0 radical (unpaired) electrons. The first-order valence-corrected chi connectivity index (χ1v) is 9.59. The van der Waals surface area contributed by atoms with Gasteiger partial charge in [-0.3, -0.25) is 19.7 Å². The van der Waals surface area contributed by atoms with Crippen LogP contribution in [0.2, 0.25) is 0 Å². The van der Waals surface area contributed by atoms with E-state index >= 15 is 0 Å². The summed E-state index contributed by atoms with van der Waals surface area (Å²) in [6, 6.07) is 1.35. The summed E-state index contributed by atoms with van der Waals surface area (Å²) in [5.74, 6) is -0.0765. The monoisotopic (exact) mass is 381 g/mol. The topological polar surface area (TPSA) is 101 Å². The molecule has 144 valence electrons. The van der Waals surface area contributed by atoms with Gasteiger partial charge in [0.05, 0.1) is 4.92 Å². The summed E-state index contributed by atoms with van der Waals surface area (Å²) < 4.78 is 0. The zero-order valence-corrected chi connectivity index (χ0v) is 16.5. The molecule has 7 nitrogen and oxygen atoms in total. The molecule has 1 aromatic heterocycles. The highest BCUT2D eigenvalue weighted by Crippen LogP contribution is 2.24. The molecule has 1 rings (SSSR count). The lowest BCUT2D eigenvalue weighted by molar-refractivity contribution is -0.380. The van der Waals surface area contributed by atoms with E-state index in [1.54, 1.807) is 5.38 Å². The zero-order chi connectivity index (χ0) is 19.7. The predicted octanol–water partition coefficient (Wildman–Crippen LogP) is 3.36. The number of nitrogens with zero attached hydrogens (tertiary/aromatic N) is 1. The Balaban J connectivity index is 2.91. The van der Waals surface area contributed by atoms with Crippen molar-refractivity contribution in [1.29, 1.82) is 0 Å². The van der Waals surface area contributed by atoms with Gasteiger partial charge in [-0.2, -0.15) is 0 Å². The Kier molecular flexibility index (Phi) is 8.98. The van der Waals surface area contributed by atoms with Crippen molar-refractivity contribution in [1.82, 2.24) is 10.6 Å². The Morgan fingerprint density at radius 2 is 1.62 bits per heavy atom. The Hall–Kier alpha value is -2.22. The molecule has 8 heteroatoms. The minimum atomic E-state index is -0.493. The second-order valence-electron chi connectivity index (χ2n) is 6.91. The molecule has 0 aliphatic rings. The molecular formula is C18H27N3O4S. The Bertz CT molecular complexity index is 637. The minimum absolute atomic E-state index is 0.0315. The largest absolute Gasteiger partial charge is 0.352 e. The predicted molar refractivity (Wildman–Crippen MR) is 104 cm³/mol. The standard InChI is InChI=1S/C18H27N3O4S/c1-12(2)5-7-19-17(22)15(18(23)20-8-6-13(3)4)9-14-10-16(21(24)25)26-11-14/h9-13H,5-8H2,1-4H3,(H,19,22)(H,20,23). The van der Waals surface area contributed by atoms with Gasteiger partial charge < -0.3 is 10.6 Å². The quantitative estimate of drug-likeness (QED) is 0.213. The molecule has 0 aliphatic carbocycles. The number of thiophene rings is 1. The summed E-state index contributed by atoms with van der Waals surface area (Å²) >= 11 is 0.960. The van der Waals surface area contributed by atoms with Crippen molar-refractivity contribution in [3.63, 3.8) is 0 Å². The molecule has 0 spiro atoms. The van der Waals surface area contributed by atoms with Crippen LogP contribution < -0.4 is 10.6 Å². The molecule has 0 saturated heterocycles. The number of hydrogen-bond donors (Lipinski definition) is 2. The van der Waals surface area contributed by atoms with E-state index in [0.29, 0.717) is 30.5 Å². The van der Waals surface area contributed by atoms with Gasteiger partial charge in [-0.15, -0.1) is 0 Å². The molecule has 0 fully saturated rings. The molecule has 1 aromatic rings. The molecule has 26 heavy (non-hydrogen) atoms. The summed E-state index contributed by atoms with van der Waals surface area (Å²) in [6.45, 7) is 9.13. The number of hydrogen-bond acceptors (Lipinski definition) is 5. The molecule has 0 aliphatic heterocycles. The zero-order valence-electron chi connectivity index (χ0n) is 15.7. The fourth-order valence-corrected chi connectivity index (χ4v) is 2.73. The number of nitrogens with one attached hydrogen (secondary N) is 2. The van der Waals surface area contributed by atoms with E-state index in [9.17, 15) is 19.7 Å². The van der Waals surface area contributed by atoms with Crippen LogP contribution in [0.25, 0.3) is 6.08 Å². The maximum atomic E-state index is 12.4. The van der Waals surface area contributed by atoms with Crippen molar-refractivity contribution in [2.24, 2.45) is 11.8 Å². The number of rotatable bonds is 10. The smallest absolute Gasteiger partial charge is 0.324 e. The fraction of sp³-hybridized carbons (Fsp3) is 0.556. The molecular weight excluding hydrogens is 354 g/mol. The van der Waals surface area contributed by atoms with Crippen molar-refractivity contribution in [3.8, 4) is 0 Å². The van der Waals surface area contributed by atoms with Crippen LogP contribution in [0.5, 0.6) is 0 Å². The lowest BCUT2D eigenvalue weighted by atomic mass is 10.1. The van der Waals surface area contributed by atoms with Gasteiger partial charge in [0.15, 0.2) is 0 Å². The van der Waals surface area contributed by atoms with Gasteiger partial charge in [0.1, 0.15) is 5.57 Å². The molecule has 0 atom stereocenters. The fourth-order valence-electron chi connectivity index (χ4n) is 2.05. The number of nitro groups is 1. The highest BCUT2D eigenvalue weighted by atomic mass is 32.1. The summed E-state index contributed by atoms with van der Waals surface area (Å²) in [7, 11) is 0. The van der Waals surface area contributed by atoms with E-state index in [4.69, 9.17) is 0 Å². The summed E-state index contributed by atoms with van der Waals surface area (Å²) in [5, 5.41) is 17.8. The van der Waals surface area contributed by atoms with Gasteiger partial charge in [0, 0.05) is 24.5 Å². The number of carbonyl (C=O) groups is 2. The molecule has 2 amide bonds. The van der Waals surface area contributed by atoms with E-state index < -0.39 is 16.7 Å². The summed E-state index contributed by atoms with van der Waals surface area (Å²) in [4.78, 5) is 35.2. The highest BCUT2D eigenvalue weighted by Gasteiger charge is 2.19. The van der Waals surface area contributed by atoms with Gasteiger partial charge >= 0.3 is 5.00 Å². The van der Waals surface area contributed by atoms with Crippen LogP contribution in [0.15, 0.2) is 17.0 Å². The average molecular weight is 381 g/mol. The van der Waals surface area contributed by atoms with Crippen molar-refractivity contribution in [2.75, 3.05) is 13.1 Å². The van der Waals surface area contributed by atoms with E-state index in [2.05, 4.69) is 10.6 Å². The van der Waals surface area contributed by atoms with Crippen LogP contribution in [0.4, 0.5) is 5.00 Å². The third-order valence-corrected chi connectivity index (χ3v) is 4.50. The molecule has 0 bridgehead atoms. The molecule has 0 saturated carbocycles. The van der Waals surface area contributed by atoms with Crippen molar-refractivity contribution in [2.45, 2.75) is 40.5 Å². The van der Waals surface area contributed by atoms with Crippen LogP contribution in [-0.4, -0.2) is 29.8 Å². The second kappa shape index (κ2) is 10.7. The molecule has 0 aromatic carbocycles. The highest BCUT2D eigenvalue weighted by molar-refractivity contribution is 7.13. The van der Waals surface area contributed by atoms with E-state index in [1.807, 2.05) is 27.7 Å². The van der Waals surface area contributed by atoms with Gasteiger partial charge in [-0.1, -0.05) is 39.0 Å². The van der Waals surface area contributed by atoms with Crippen LogP contribution >= 0.6 is 11.3 Å². The van der Waals surface area contributed by atoms with Gasteiger partial charge in [-0.25, -0.2) is 0 Å². The Morgan fingerprint density at radius 1 is 1.12 bits per heavy atom. The van der Waals surface area contributed by atoms with Crippen LogP contribution in [0.3, 0.4) is 0 Å². The lowest BCUT2D eigenvalue weighted by Gasteiger charge is -2.11. The third-order valence-electron chi connectivity index (χ3n) is 3.60. The lowest BCUT2D eigenvalue weighted by Crippen LogP contribution is -2.36. The summed E-state index contributed by atoms with van der Waals surface area (Å²) in [5.41, 5.74) is 0.430. The summed E-state index contributed by atoms with van der Waals surface area (Å²) in [6.07, 6.45) is 3.01. The first-order chi connectivity index (χ1) is 12.2. The Labute approximate surface area is 158 Å². The maximum absolute atomic E-state index is 12.4. The Morgan fingerprint density at radius 3 is 2.00 bits per heavy atom. The van der Waals surface area contributed by atoms with Crippen LogP contribution in [0.1, 0.15) is 46.1 Å². The number of amides is 2. The SMILES string of the molecule is CC(C)CCNC(=O)C(=Cc1csc([N+](=O)[O-])c1)C(=O)NCCC(C)C. The average Bonchev–Trinajstić information content (AvgIpc) is 3.00. The number of carbonyl (C=O) groups excluding carboxylic acids is 2. The molecule has 0 unspecified atom stereocenters. The van der Waals surface area contributed by atoms with Gasteiger partial charge in [-0.05, 0) is 36.3 Å². The normalized spacial score (nSPS) is 10.7. The molecule has 2 N–H and O–H groups in total. The van der Waals surface area contributed by atoms with E-state index in [-0.39, 0.29) is 10.6 Å². The first-order valence-electron chi connectivity index (χ1n) is 8.71. The van der Waals surface area contributed by atoms with Crippen molar-refractivity contribution in [3.05, 3.63) is 32.7 Å². The van der Waals surface area contributed by atoms with Crippen molar-refractivity contribution < 1.29 is 14.5 Å². The first kappa shape index (κ1) is 21.8. The second-order valence-corrected chi connectivity index (χ2v) is 7.80. The van der Waals surface area contributed by atoms with E-state index in [0.717, 1.165) is 24.2 Å². The van der Waals surface area contributed by atoms with Crippen LogP contribution in [0, 0.1) is 22.0 Å².